The highest BCUT2D eigenvalue weighted by molar-refractivity contribution is 6.33. The van der Waals surface area contributed by atoms with Crippen LogP contribution in [0.4, 0.5) is 5.69 Å². The zero-order valence-electron chi connectivity index (χ0n) is 12.7. The first-order valence-electron chi connectivity index (χ1n) is 7.15. The number of carbonyl (C=O) groups is 2. The molecule has 0 radical (unpaired) electrons. The Morgan fingerprint density at radius 1 is 1.21 bits per heavy atom. The van der Waals surface area contributed by atoms with Gasteiger partial charge in [0.25, 0.3) is 5.91 Å². The Bertz CT molecular complexity index is 792. The molecule has 0 unspecified atom stereocenters. The number of benzene rings is 2. The predicted octanol–water partition coefficient (Wildman–Crippen LogP) is 2.91. The number of ether oxygens (including phenoxy) is 3. The van der Waals surface area contributed by atoms with Crippen LogP contribution in [-0.2, 0) is 9.53 Å². The summed E-state index contributed by atoms with van der Waals surface area (Å²) in [4.78, 5) is 24.0. The van der Waals surface area contributed by atoms with Crippen LogP contribution >= 0.6 is 11.6 Å². The van der Waals surface area contributed by atoms with E-state index in [1.807, 2.05) is 6.07 Å². The topological polar surface area (TPSA) is 73.9 Å². The number of fused-ring (bicyclic) bond motifs is 1. The van der Waals surface area contributed by atoms with Gasteiger partial charge in [-0.25, -0.2) is 4.79 Å². The van der Waals surface area contributed by atoms with Gasteiger partial charge in [-0.3, -0.25) is 4.79 Å². The molecule has 6 nitrogen and oxygen atoms in total. The van der Waals surface area contributed by atoms with Gasteiger partial charge < -0.3 is 19.5 Å². The van der Waals surface area contributed by atoms with Gasteiger partial charge in [-0.1, -0.05) is 23.7 Å². The summed E-state index contributed by atoms with van der Waals surface area (Å²) < 4.78 is 15.8. The molecular formula is C17H14ClNO5. The SMILES string of the molecule is COC(=O)c1cc(NC(=O)[C@H]2COc3ccccc3O2)ccc1Cl. The summed E-state index contributed by atoms with van der Waals surface area (Å²) in [6.45, 7) is 0.0975. The number of carbonyl (C=O) groups excluding carboxylic acids is 2. The fraction of sp³-hybridized carbons (Fsp3) is 0.176. The number of methoxy groups -OCH3 is 1. The Morgan fingerprint density at radius 2 is 1.96 bits per heavy atom. The van der Waals surface area contributed by atoms with Crippen molar-refractivity contribution in [1.82, 2.24) is 0 Å². The molecule has 24 heavy (non-hydrogen) atoms. The van der Waals surface area contributed by atoms with E-state index in [1.54, 1.807) is 24.3 Å². The molecule has 0 aliphatic carbocycles. The van der Waals surface area contributed by atoms with Gasteiger partial charge in [-0.05, 0) is 30.3 Å². The second-order valence-corrected chi connectivity index (χ2v) is 5.45. The lowest BCUT2D eigenvalue weighted by Gasteiger charge is -2.25. The van der Waals surface area contributed by atoms with Crippen LogP contribution in [-0.4, -0.2) is 31.7 Å². The molecule has 7 heteroatoms. The van der Waals surface area contributed by atoms with Gasteiger partial charge >= 0.3 is 5.97 Å². The van der Waals surface area contributed by atoms with Gasteiger partial charge in [0.2, 0.25) is 6.10 Å². The number of para-hydroxylation sites is 2. The van der Waals surface area contributed by atoms with Gasteiger partial charge in [0, 0.05) is 5.69 Å². The Morgan fingerprint density at radius 3 is 2.71 bits per heavy atom. The van der Waals surface area contributed by atoms with Crippen molar-refractivity contribution in [2.75, 3.05) is 19.0 Å². The molecule has 1 N–H and O–H groups in total. The third-order valence-electron chi connectivity index (χ3n) is 3.44. The van der Waals surface area contributed by atoms with Crippen LogP contribution in [0.5, 0.6) is 11.5 Å². The van der Waals surface area contributed by atoms with Crippen LogP contribution in [0, 0.1) is 0 Å². The average molecular weight is 348 g/mol. The fourth-order valence-electron chi connectivity index (χ4n) is 2.24. The molecule has 124 valence electrons. The van der Waals surface area contributed by atoms with Gasteiger partial charge in [0.05, 0.1) is 17.7 Å². The Balaban J connectivity index is 1.73. The minimum atomic E-state index is -0.794. The molecule has 0 aromatic heterocycles. The zero-order valence-corrected chi connectivity index (χ0v) is 13.5. The lowest BCUT2D eigenvalue weighted by Crippen LogP contribution is -2.40. The number of amides is 1. The summed E-state index contributed by atoms with van der Waals surface area (Å²) in [6, 6.07) is 11.7. The molecule has 1 aliphatic heterocycles. The third kappa shape index (κ3) is 3.28. The van der Waals surface area contributed by atoms with Gasteiger partial charge in [0.15, 0.2) is 11.5 Å². The molecule has 1 heterocycles. The normalized spacial score (nSPS) is 15.5. The van der Waals surface area contributed by atoms with Gasteiger partial charge in [-0.2, -0.15) is 0 Å². The van der Waals surface area contributed by atoms with Crippen LogP contribution in [0.1, 0.15) is 10.4 Å². The maximum atomic E-state index is 12.3. The predicted molar refractivity (Wildman–Crippen MR) is 87.8 cm³/mol. The molecular weight excluding hydrogens is 334 g/mol. The summed E-state index contributed by atoms with van der Waals surface area (Å²) in [6.07, 6.45) is -0.794. The van der Waals surface area contributed by atoms with Crippen molar-refractivity contribution in [2.24, 2.45) is 0 Å². The first-order chi connectivity index (χ1) is 11.6. The maximum Gasteiger partial charge on any atom is 0.339 e. The second-order valence-electron chi connectivity index (χ2n) is 5.04. The highest BCUT2D eigenvalue weighted by Gasteiger charge is 2.27. The first-order valence-corrected chi connectivity index (χ1v) is 7.53. The maximum absolute atomic E-state index is 12.3. The highest BCUT2D eigenvalue weighted by atomic mass is 35.5. The number of nitrogens with one attached hydrogen (secondary N) is 1. The van der Waals surface area contributed by atoms with E-state index in [1.165, 1.54) is 19.2 Å². The van der Waals surface area contributed by atoms with Crippen molar-refractivity contribution in [3.05, 3.63) is 53.1 Å². The molecule has 0 fully saturated rings. The molecule has 3 rings (SSSR count). The van der Waals surface area contributed by atoms with Crippen molar-refractivity contribution in [2.45, 2.75) is 6.10 Å². The number of esters is 1. The Hall–Kier alpha value is -2.73. The lowest BCUT2D eigenvalue weighted by molar-refractivity contribution is -0.125. The van der Waals surface area contributed by atoms with Crippen LogP contribution in [0.2, 0.25) is 5.02 Å². The summed E-state index contributed by atoms with van der Waals surface area (Å²) in [5.41, 5.74) is 0.579. The molecule has 1 amide bonds. The molecule has 0 bridgehead atoms. The van der Waals surface area contributed by atoms with E-state index < -0.39 is 12.1 Å². The fourth-order valence-corrected chi connectivity index (χ4v) is 2.44. The Labute approximate surface area is 143 Å². The molecule has 0 saturated heterocycles. The molecule has 1 atom stereocenters. The van der Waals surface area contributed by atoms with Crippen LogP contribution < -0.4 is 14.8 Å². The number of halogens is 1. The molecule has 1 aliphatic rings. The standard InChI is InChI=1S/C17H14ClNO5/c1-22-17(21)11-8-10(6-7-12(11)18)19-16(20)15-9-23-13-4-2-3-5-14(13)24-15/h2-8,15H,9H2,1H3,(H,19,20)/t15-/m1/s1. The quantitative estimate of drug-likeness (QED) is 0.864. The van der Waals surface area contributed by atoms with E-state index >= 15 is 0 Å². The number of hydrogen-bond acceptors (Lipinski definition) is 5. The number of rotatable bonds is 3. The van der Waals surface area contributed by atoms with Crippen LogP contribution in [0.15, 0.2) is 42.5 Å². The van der Waals surface area contributed by atoms with E-state index in [4.69, 9.17) is 21.1 Å². The molecule has 2 aromatic carbocycles. The Kier molecular flexibility index (Phi) is 4.57. The summed E-state index contributed by atoms with van der Waals surface area (Å²) in [7, 11) is 1.26. The lowest BCUT2D eigenvalue weighted by atomic mass is 10.2. The van der Waals surface area contributed by atoms with E-state index in [0.717, 1.165) is 0 Å². The average Bonchev–Trinajstić information content (AvgIpc) is 2.62. The summed E-state index contributed by atoms with van der Waals surface area (Å²) in [5.74, 6) is 0.140. The van der Waals surface area contributed by atoms with Crippen molar-refractivity contribution >= 4 is 29.2 Å². The van der Waals surface area contributed by atoms with Crippen LogP contribution in [0.25, 0.3) is 0 Å². The second kappa shape index (κ2) is 6.80. The van der Waals surface area contributed by atoms with Crippen molar-refractivity contribution in [1.29, 1.82) is 0 Å². The smallest absolute Gasteiger partial charge is 0.339 e. The van der Waals surface area contributed by atoms with E-state index in [0.29, 0.717) is 17.2 Å². The van der Waals surface area contributed by atoms with Gasteiger partial charge in [0.1, 0.15) is 6.61 Å². The number of hydrogen-bond donors (Lipinski definition) is 1. The van der Waals surface area contributed by atoms with Crippen LogP contribution in [0.3, 0.4) is 0 Å². The molecule has 0 spiro atoms. The summed E-state index contributed by atoms with van der Waals surface area (Å²) in [5, 5.41) is 2.92. The van der Waals surface area contributed by atoms with E-state index in [-0.39, 0.29) is 23.1 Å². The zero-order chi connectivity index (χ0) is 17.1. The number of anilines is 1. The molecule has 2 aromatic rings. The largest absolute Gasteiger partial charge is 0.485 e. The minimum Gasteiger partial charge on any atom is -0.485 e. The monoisotopic (exact) mass is 347 g/mol. The summed E-state index contributed by atoms with van der Waals surface area (Å²) >= 11 is 5.95. The van der Waals surface area contributed by atoms with Gasteiger partial charge in [-0.15, -0.1) is 0 Å². The third-order valence-corrected chi connectivity index (χ3v) is 3.77. The first kappa shape index (κ1) is 16.1. The van der Waals surface area contributed by atoms with E-state index in [9.17, 15) is 9.59 Å². The highest BCUT2D eigenvalue weighted by Crippen LogP contribution is 2.31. The van der Waals surface area contributed by atoms with E-state index in [2.05, 4.69) is 10.1 Å². The van der Waals surface area contributed by atoms with Crippen molar-refractivity contribution < 1.29 is 23.8 Å². The minimum absolute atomic E-state index is 0.0975. The van der Waals surface area contributed by atoms with Crippen molar-refractivity contribution in [3.63, 3.8) is 0 Å². The molecule has 0 saturated carbocycles. The van der Waals surface area contributed by atoms with Crippen molar-refractivity contribution in [3.8, 4) is 11.5 Å².